The first-order chi connectivity index (χ1) is 8.65. The molecule has 0 saturated carbocycles. The van der Waals surface area contributed by atoms with Gasteiger partial charge >= 0.3 is 0 Å². The van der Waals surface area contributed by atoms with Crippen LogP contribution >= 0.6 is 22.6 Å². The Bertz CT molecular complexity index is 485. The summed E-state index contributed by atoms with van der Waals surface area (Å²) in [5.41, 5.74) is 1.34. The number of fused-ring (bicyclic) bond motifs is 1. The van der Waals surface area contributed by atoms with Crippen LogP contribution in [0, 0.1) is 3.57 Å². The number of halogens is 1. The van der Waals surface area contributed by atoms with Crippen molar-refractivity contribution in [3.63, 3.8) is 0 Å². The molecule has 0 spiro atoms. The van der Waals surface area contributed by atoms with Gasteiger partial charge in [0.15, 0.2) is 0 Å². The van der Waals surface area contributed by atoms with Gasteiger partial charge in [-0.1, -0.05) is 26.2 Å². The van der Waals surface area contributed by atoms with Gasteiger partial charge in [0.05, 0.1) is 11.3 Å². The van der Waals surface area contributed by atoms with Gasteiger partial charge < -0.3 is 4.90 Å². The molecule has 2 rings (SSSR count). The second-order valence-electron chi connectivity index (χ2n) is 4.51. The number of rotatable bonds is 5. The predicted molar refractivity (Wildman–Crippen MR) is 80.0 cm³/mol. The Kier molecular flexibility index (Phi) is 4.37. The SMILES string of the molecule is CCCCCCN1C(=O)C(=O)c2cc(I)ccc21. The molecule has 0 fully saturated rings. The van der Waals surface area contributed by atoms with Gasteiger partial charge in [0.1, 0.15) is 0 Å². The van der Waals surface area contributed by atoms with E-state index in [4.69, 9.17) is 0 Å². The van der Waals surface area contributed by atoms with Crippen LogP contribution in [-0.2, 0) is 4.79 Å². The van der Waals surface area contributed by atoms with E-state index >= 15 is 0 Å². The van der Waals surface area contributed by atoms with Crippen molar-refractivity contribution >= 4 is 40.0 Å². The van der Waals surface area contributed by atoms with E-state index in [1.807, 2.05) is 12.1 Å². The van der Waals surface area contributed by atoms with E-state index in [1.54, 1.807) is 11.0 Å². The van der Waals surface area contributed by atoms with E-state index in [9.17, 15) is 9.59 Å². The molecule has 0 bridgehead atoms. The summed E-state index contributed by atoms with van der Waals surface area (Å²) in [6.07, 6.45) is 4.41. The Morgan fingerprint density at radius 2 is 1.94 bits per heavy atom. The highest BCUT2D eigenvalue weighted by molar-refractivity contribution is 14.1. The van der Waals surface area contributed by atoms with Gasteiger partial charge in [-0.3, -0.25) is 9.59 Å². The van der Waals surface area contributed by atoms with E-state index < -0.39 is 0 Å². The number of unbranched alkanes of at least 4 members (excludes halogenated alkanes) is 3. The number of hydrogen-bond donors (Lipinski definition) is 0. The zero-order valence-electron chi connectivity index (χ0n) is 10.4. The molecule has 1 aromatic rings. The van der Waals surface area contributed by atoms with Crippen LogP contribution in [0.4, 0.5) is 5.69 Å². The maximum absolute atomic E-state index is 11.9. The lowest BCUT2D eigenvalue weighted by atomic mass is 10.1. The third-order valence-corrected chi connectivity index (χ3v) is 3.84. The molecule has 4 heteroatoms. The van der Waals surface area contributed by atoms with E-state index in [0.29, 0.717) is 12.1 Å². The second kappa shape index (κ2) is 5.82. The molecule has 1 heterocycles. The molecule has 0 saturated heterocycles. The summed E-state index contributed by atoms with van der Waals surface area (Å²) in [6, 6.07) is 5.60. The van der Waals surface area contributed by atoms with Crippen LogP contribution in [0.5, 0.6) is 0 Å². The second-order valence-corrected chi connectivity index (χ2v) is 5.75. The smallest absolute Gasteiger partial charge is 0.299 e. The average molecular weight is 357 g/mol. The Morgan fingerprint density at radius 3 is 2.67 bits per heavy atom. The van der Waals surface area contributed by atoms with Crippen LogP contribution in [0.1, 0.15) is 43.0 Å². The lowest BCUT2D eigenvalue weighted by Crippen LogP contribution is -2.30. The fourth-order valence-corrected chi connectivity index (χ4v) is 2.68. The molecule has 1 aromatic carbocycles. The molecule has 0 aliphatic carbocycles. The summed E-state index contributed by atoms with van der Waals surface area (Å²) in [4.78, 5) is 25.4. The number of amides is 1. The Morgan fingerprint density at radius 1 is 1.17 bits per heavy atom. The lowest BCUT2D eigenvalue weighted by Gasteiger charge is -2.16. The number of nitrogens with zero attached hydrogens (tertiary/aromatic N) is 1. The quantitative estimate of drug-likeness (QED) is 0.460. The molecule has 0 unspecified atom stereocenters. The summed E-state index contributed by atoms with van der Waals surface area (Å²) >= 11 is 2.16. The molecule has 18 heavy (non-hydrogen) atoms. The Labute approximate surface area is 121 Å². The molecule has 0 atom stereocenters. The van der Waals surface area contributed by atoms with Gasteiger partial charge in [0, 0.05) is 10.1 Å². The summed E-state index contributed by atoms with van der Waals surface area (Å²) in [7, 11) is 0. The first-order valence-corrected chi connectivity index (χ1v) is 7.38. The molecule has 3 nitrogen and oxygen atoms in total. The fourth-order valence-electron chi connectivity index (χ4n) is 2.19. The van der Waals surface area contributed by atoms with Crippen molar-refractivity contribution < 1.29 is 9.59 Å². The average Bonchev–Trinajstić information content (AvgIpc) is 2.59. The first-order valence-electron chi connectivity index (χ1n) is 6.31. The van der Waals surface area contributed by atoms with Crippen LogP contribution in [0.25, 0.3) is 0 Å². The van der Waals surface area contributed by atoms with Crippen molar-refractivity contribution in [1.82, 2.24) is 0 Å². The monoisotopic (exact) mass is 357 g/mol. The summed E-state index contributed by atoms with van der Waals surface area (Å²) in [5, 5.41) is 0. The Balaban J connectivity index is 2.13. The standard InChI is InChI=1S/C14H16INO2/c1-2-3-4-5-8-16-12-7-6-10(15)9-11(12)13(17)14(16)18/h6-7,9H,2-5,8H2,1H3. The predicted octanol–water partition coefficient (Wildman–Crippen LogP) is 3.40. The van der Waals surface area contributed by atoms with Crippen molar-refractivity contribution in [2.24, 2.45) is 0 Å². The highest BCUT2D eigenvalue weighted by Gasteiger charge is 2.35. The molecule has 0 aromatic heterocycles. The first kappa shape index (κ1) is 13.5. The molecule has 1 aliphatic rings. The van der Waals surface area contributed by atoms with E-state index in [2.05, 4.69) is 29.5 Å². The summed E-state index contributed by atoms with van der Waals surface area (Å²) in [5.74, 6) is -0.734. The molecule has 96 valence electrons. The lowest BCUT2D eigenvalue weighted by molar-refractivity contribution is -0.114. The minimum atomic E-state index is -0.372. The topological polar surface area (TPSA) is 37.4 Å². The molecule has 0 N–H and O–H groups in total. The highest BCUT2D eigenvalue weighted by Crippen LogP contribution is 2.30. The Hall–Kier alpha value is -0.910. The van der Waals surface area contributed by atoms with Crippen molar-refractivity contribution in [2.45, 2.75) is 32.6 Å². The summed E-state index contributed by atoms with van der Waals surface area (Å²) < 4.78 is 0.986. The number of carbonyl (C=O) groups is 2. The van der Waals surface area contributed by atoms with Crippen LogP contribution in [0.3, 0.4) is 0 Å². The van der Waals surface area contributed by atoms with Gasteiger partial charge in [-0.2, -0.15) is 0 Å². The number of benzene rings is 1. The largest absolute Gasteiger partial charge is 0.305 e. The molecular formula is C14H16INO2. The van der Waals surface area contributed by atoms with Crippen molar-refractivity contribution in [2.75, 3.05) is 11.4 Å². The van der Waals surface area contributed by atoms with Crippen molar-refractivity contribution in [1.29, 1.82) is 0 Å². The van der Waals surface area contributed by atoms with Crippen molar-refractivity contribution in [3.05, 3.63) is 27.3 Å². The highest BCUT2D eigenvalue weighted by atomic mass is 127. The van der Waals surface area contributed by atoms with Gasteiger partial charge in [-0.05, 0) is 47.2 Å². The van der Waals surface area contributed by atoms with Gasteiger partial charge in [0.25, 0.3) is 11.7 Å². The number of anilines is 1. The normalized spacial score (nSPS) is 14.2. The maximum atomic E-state index is 11.9. The number of Topliss-reactive ketones (excluding diaryl/α,β-unsaturated/α-hetero) is 1. The van der Waals surface area contributed by atoms with E-state index in [0.717, 1.165) is 22.1 Å². The molecule has 1 amide bonds. The van der Waals surface area contributed by atoms with Crippen molar-refractivity contribution in [3.8, 4) is 0 Å². The van der Waals surface area contributed by atoms with Gasteiger partial charge in [0.2, 0.25) is 0 Å². The number of hydrogen-bond acceptors (Lipinski definition) is 2. The van der Waals surface area contributed by atoms with Gasteiger partial charge in [-0.25, -0.2) is 0 Å². The molecule has 0 radical (unpaired) electrons. The van der Waals surface area contributed by atoms with Gasteiger partial charge in [-0.15, -0.1) is 0 Å². The fraction of sp³-hybridized carbons (Fsp3) is 0.429. The maximum Gasteiger partial charge on any atom is 0.299 e. The zero-order chi connectivity index (χ0) is 13.1. The molecule has 1 aliphatic heterocycles. The van der Waals surface area contributed by atoms with E-state index in [-0.39, 0.29) is 11.7 Å². The summed E-state index contributed by atoms with van der Waals surface area (Å²) in [6.45, 7) is 2.81. The van der Waals surface area contributed by atoms with E-state index in [1.165, 1.54) is 12.8 Å². The minimum Gasteiger partial charge on any atom is -0.305 e. The van der Waals surface area contributed by atoms with Crippen LogP contribution in [0.2, 0.25) is 0 Å². The zero-order valence-corrected chi connectivity index (χ0v) is 12.6. The van der Waals surface area contributed by atoms with Crippen LogP contribution in [0.15, 0.2) is 18.2 Å². The molecular weight excluding hydrogens is 341 g/mol. The van der Waals surface area contributed by atoms with Crippen LogP contribution in [-0.4, -0.2) is 18.2 Å². The number of ketones is 1. The van der Waals surface area contributed by atoms with Crippen LogP contribution < -0.4 is 4.90 Å². The number of carbonyl (C=O) groups excluding carboxylic acids is 2. The third-order valence-electron chi connectivity index (χ3n) is 3.17. The third kappa shape index (κ3) is 2.58. The minimum absolute atomic E-state index is 0.362.